The number of hydrogen-bond donors (Lipinski definition) is 1. The number of hydrogen-bond acceptors (Lipinski definition) is 3. The molecule has 3 heteroatoms. The van der Waals surface area contributed by atoms with Crippen LogP contribution in [0, 0.1) is 0 Å². The molecule has 0 bridgehead atoms. The number of rotatable bonds is 8. The lowest BCUT2D eigenvalue weighted by Crippen LogP contribution is -2.25. The largest absolute Gasteiger partial charge is 0.328 e. The summed E-state index contributed by atoms with van der Waals surface area (Å²) in [6.07, 6.45) is 1.14. The number of thioether (sulfide) groups is 1. The second-order valence-corrected chi connectivity index (χ2v) is 4.63. The van der Waals surface area contributed by atoms with Gasteiger partial charge in [0.05, 0.1) is 0 Å². The van der Waals surface area contributed by atoms with Crippen molar-refractivity contribution in [2.75, 3.05) is 31.1 Å². The normalized spacial score (nSPS) is 13.6. The van der Waals surface area contributed by atoms with Crippen molar-refractivity contribution in [1.29, 1.82) is 0 Å². The Morgan fingerprint density at radius 3 is 2.31 bits per heavy atom. The first-order valence-corrected chi connectivity index (χ1v) is 6.41. The van der Waals surface area contributed by atoms with Gasteiger partial charge in [-0.1, -0.05) is 13.8 Å². The van der Waals surface area contributed by atoms with Crippen LogP contribution >= 0.6 is 11.8 Å². The van der Waals surface area contributed by atoms with Crippen LogP contribution in [0.5, 0.6) is 0 Å². The molecule has 0 heterocycles. The fourth-order valence-corrected chi connectivity index (χ4v) is 2.23. The molecule has 80 valence electrons. The predicted molar refractivity (Wildman–Crippen MR) is 63.4 cm³/mol. The third kappa shape index (κ3) is 8.60. The summed E-state index contributed by atoms with van der Waals surface area (Å²) >= 11 is 2.02. The molecule has 0 aliphatic carbocycles. The van der Waals surface area contributed by atoms with Crippen LogP contribution in [0.1, 0.15) is 27.2 Å². The summed E-state index contributed by atoms with van der Waals surface area (Å²) < 4.78 is 0. The Hall–Kier alpha value is 0.270. The zero-order valence-corrected chi connectivity index (χ0v) is 10.1. The topological polar surface area (TPSA) is 29.3 Å². The Morgan fingerprint density at radius 1 is 1.23 bits per heavy atom. The van der Waals surface area contributed by atoms with Gasteiger partial charge in [-0.25, -0.2) is 0 Å². The van der Waals surface area contributed by atoms with Crippen molar-refractivity contribution in [1.82, 2.24) is 4.90 Å². The molecule has 1 atom stereocenters. The van der Waals surface area contributed by atoms with Crippen molar-refractivity contribution in [3.63, 3.8) is 0 Å². The molecule has 13 heavy (non-hydrogen) atoms. The van der Waals surface area contributed by atoms with Gasteiger partial charge < -0.3 is 10.6 Å². The molecular formula is C10H24N2S. The van der Waals surface area contributed by atoms with Crippen LogP contribution in [-0.4, -0.2) is 42.1 Å². The Bertz CT molecular complexity index is 103. The molecule has 1 unspecified atom stereocenters. The maximum atomic E-state index is 5.66. The van der Waals surface area contributed by atoms with Crippen LogP contribution in [-0.2, 0) is 0 Å². The van der Waals surface area contributed by atoms with Crippen LogP contribution < -0.4 is 5.73 Å². The summed E-state index contributed by atoms with van der Waals surface area (Å²) in [4.78, 5) is 2.46. The molecule has 0 aromatic heterocycles. The van der Waals surface area contributed by atoms with Gasteiger partial charge in [0.15, 0.2) is 0 Å². The van der Waals surface area contributed by atoms with Crippen molar-refractivity contribution in [2.45, 2.75) is 33.2 Å². The minimum atomic E-state index is 0.362. The van der Waals surface area contributed by atoms with Gasteiger partial charge in [-0.2, -0.15) is 11.8 Å². The molecule has 0 saturated carbocycles. The van der Waals surface area contributed by atoms with Crippen molar-refractivity contribution in [3.8, 4) is 0 Å². The van der Waals surface area contributed by atoms with Crippen LogP contribution in [0.25, 0.3) is 0 Å². The average Bonchev–Trinajstić information content (AvgIpc) is 2.11. The molecule has 0 fully saturated rings. The Kier molecular flexibility index (Phi) is 9.03. The van der Waals surface area contributed by atoms with E-state index in [0.717, 1.165) is 6.42 Å². The minimum Gasteiger partial charge on any atom is -0.328 e. The fourth-order valence-electron chi connectivity index (χ4n) is 1.10. The summed E-state index contributed by atoms with van der Waals surface area (Å²) in [5.41, 5.74) is 5.66. The molecule has 0 aromatic rings. The highest BCUT2D eigenvalue weighted by atomic mass is 32.2. The first-order valence-electron chi connectivity index (χ1n) is 5.26. The highest BCUT2D eigenvalue weighted by Gasteiger charge is 1.98. The lowest BCUT2D eigenvalue weighted by Gasteiger charge is -2.17. The van der Waals surface area contributed by atoms with Gasteiger partial charge in [0.25, 0.3) is 0 Å². The molecule has 0 aliphatic heterocycles. The van der Waals surface area contributed by atoms with Gasteiger partial charge in [0.1, 0.15) is 0 Å². The van der Waals surface area contributed by atoms with E-state index in [4.69, 9.17) is 5.73 Å². The Labute approximate surface area is 87.2 Å². The average molecular weight is 204 g/mol. The fraction of sp³-hybridized carbons (Fsp3) is 1.00. The van der Waals surface area contributed by atoms with Crippen LogP contribution in [0.4, 0.5) is 0 Å². The van der Waals surface area contributed by atoms with E-state index < -0.39 is 0 Å². The highest BCUT2D eigenvalue weighted by Crippen LogP contribution is 2.04. The van der Waals surface area contributed by atoms with Gasteiger partial charge in [0.2, 0.25) is 0 Å². The van der Waals surface area contributed by atoms with Gasteiger partial charge in [0, 0.05) is 18.3 Å². The Morgan fingerprint density at radius 2 is 1.85 bits per heavy atom. The van der Waals surface area contributed by atoms with E-state index in [2.05, 4.69) is 25.7 Å². The summed E-state index contributed by atoms with van der Waals surface area (Å²) in [6.45, 7) is 10.1. The van der Waals surface area contributed by atoms with E-state index in [1.807, 2.05) is 11.8 Å². The second-order valence-electron chi connectivity index (χ2n) is 3.41. The maximum absolute atomic E-state index is 5.66. The van der Waals surface area contributed by atoms with Crippen molar-refractivity contribution < 1.29 is 0 Å². The van der Waals surface area contributed by atoms with Crippen LogP contribution in [0.2, 0.25) is 0 Å². The second kappa shape index (κ2) is 8.85. The summed E-state index contributed by atoms with van der Waals surface area (Å²) in [5, 5.41) is 0. The molecule has 2 nitrogen and oxygen atoms in total. The lowest BCUT2D eigenvalue weighted by atomic mass is 10.3. The SMILES string of the molecule is CCN(CC)CCSCCC(C)N. The first kappa shape index (κ1) is 13.3. The molecule has 0 rings (SSSR count). The molecule has 2 N–H and O–H groups in total. The molecule has 0 amide bonds. The van der Waals surface area contributed by atoms with Gasteiger partial charge in [-0.15, -0.1) is 0 Å². The highest BCUT2D eigenvalue weighted by molar-refractivity contribution is 7.99. The summed E-state index contributed by atoms with van der Waals surface area (Å²) in [5.74, 6) is 2.45. The summed E-state index contributed by atoms with van der Waals surface area (Å²) in [6, 6.07) is 0.362. The van der Waals surface area contributed by atoms with Crippen molar-refractivity contribution in [2.24, 2.45) is 5.73 Å². The zero-order valence-electron chi connectivity index (χ0n) is 9.25. The van der Waals surface area contributed by atoms with Crippen LogP contribution in [0.3, 0.4) is 0 Å². The summed E-state index contributed by atoms with van der Waals surface area (Å²) in [7, 11) is 0. The van der Waals surface area contributed by atoms with E-state index in [0.29, 0.717) is 6.04 Å². The molecule has 0 aliphatic rings. The van der Waals surface area contributed by atoms with E-state index in [1.54, 1.807) is 0 Å². The third-order valence-electron chi connectivity index (χ3n) is 2.16. The Balaban J connectivity index is 3.14. The zero-order chi connectivity index (χ0) is 10.1. The predicted octanol–water partition coefficient (Wildman–Crippen LogP) is 1.80. The quantitative estimate of drug-likeness (QED) is 0.611. The standard InChI is InChI=1S/C10H24N2S/c1-4-12(5-2)7-9-13-8-6-10(3)11/h10H,4-9,11H2,1-3H3. The maximum Gasteiger partial charge on any atom is 0.00721 e. The van der Waals surface area contributed by atoms with E-state index in [-0.39, 0.29) is 0 Å². The molecule has 0 saturated heterocycles. The number of nitrogens with two attached hydrogens (primary N) is 1. The molecule has 0 aromatic carbocycles. The minimum absolute atomic E-state index is 0.362. The van der Waals surface area contributed by atoms with Crippen LogP contribution in [0.15, 0.2) is 0 Å². The smallest absolute Gasteiger partial charge is 0.00721 e. The monoisotopic (exact) mass is 204 g/mol. The number of nitrogens with zero attached hydrogens (tertiary/aromatic N) is 1. The molecule has 0 radical (unpaired) electrons. The third-order valence-corrected chi connectivity index (χ3v) is 3.16. The van der Waals surface area contributed by atoms with E-state index in [9.17, 15) is 0 Å². The van der Waals surface area contributed by atoms with Gasteiger partial charge >= 0.3 is 0 Å². The molecular weight excluding hydrogens is 180 g/mol. The first-order chi connectivity index (χ1) is 6.20. The van der Waals surface area contributed by atoms with Gasteiger partial charge in [-0.3, -0.25) is 0 Å². The van der Waals surface area contributed by atoms with Crippen molar-refractivity contribution in [3.05, 3.63) is 0 Å². The molecule has 0 spiro atoms. The van der Waals surface area contributed by atoms with E-state index >= 15 is 0 Å². The van der Waals surface area contributed by atoms with Gasteiger partial charge in [-0.05, 0) is 32.2 Å². The van der Waals surface area contributed by atoms with Crippen molar-refractivity contribution >= 4 is 11.8 Å². The lowest BCUT2D eigenvalue weighted by molar-refractivity contribution is 0.324. The van der Waals surface area contributed by atoms with E-state index in [1.165, 1.54) is 31.1 Å².